The first-order chi connectivity index (χ1) is 7.04. The minimum Gasteiger partial charge on any atom is -0.331 e. The Labute approximate surface area is 93.9 Å². The summed E-state index contributed by atoms with van der Waals surface area (Å²) >= 11 is 4.11. The molecule has 1 aromatic rings. The number of nitriles is 1. The minimum atomic E-state index is -0.231. The van der Waals surface area contributed by atoms with E-state index < -0.39 is 0 Å². The Morgan fingerprint density at radius 2 is 2.20 bits per heavy atom. The van der Waals surface area contributed by atoms with Gasteiger partial charge in [0.1, 0.15) is 6.07 Å². The number of carbonyl (C=O) groups is 1. The van der Waals surface area contributed by atoms with E-state index in [0.717, 1.165) is 0 Å². The summed E-state index contributed by atoms with van der Waals surface area (Å²) in [7, 11) is 3.29. The highest BCUT2D eigenvalue weighted by atomic mass is 32.1. The highest BCUT2D eigenvalue weighted by Crippen LogP contribution is 2.18. The summed E-state index contributed by atoms with van der Waals surface area (Å²) in [5.41, 5.74) is 1.03. The van der Waals surface area contributed by atoms with Crippen LogP contribution >= 0.6 is 12.6 Å². The lowest BCUT2D eigenvalue weighted by molar-refractivity contribution is 0.230. The number of thiol groups is 1. The lowest BCUT2D eigenvalue weighted by Crippen LogP contribution is -2.27. The Balaban J connectivity index is 2.89. The van der Waals surface area contributed by atoms with Gasteiger partial charge >= 0.3 is 6.03 Å². The predicted molar refractivity (Wildman–Crippen MR) is 61.1 cm³/mol. The smallest absolute Gasteiger partial charge is 0.321 e. The number of anilines is 1. The van der Waals surface area contributed by atoms with Crippen LogP contribution in [0.5, 0.6) is 0 Å². The second-order valence-corrected chi connectivity index (χ2v) is 3.65. The van der Waals surface area contributed by atoms with Crippen molar-refractivity contribution in [3.05, 3.63) is 23.8 Å². The molecule has 0 saturated heterocycles. The van der Waals surface area contributed by atoms with Crippen LogP contribution in [-0.2, 0) is 0 Å². The van der Waals surface area contributed by atoms with E-state index in [1.165, 1.54) is 4.90 Å². The molecule has 2 amide bonds. The van der Waals surface area contributed by atoms with Crippen molar-refractivity contribution in [3.8, 4) is 6.07 Å². The zero-order chi connectivity index (χ0) is 11.4. The van der Waals surface area contributed by atoms with Gasteiger partial charge in [0, 0.05) is 24.7 Å². The van der Waals surface area contributed by atoms with Crippen LogP contribution in [0.25, 0.3) is 0 Å². The molecule has 5 heteroatoms. The molecule has 0 saturated carbocycles. The molecule has 1 rings (SSSR count). The van der Waals surface area contributed by atoms with Crippen molar-refractivity contribution < 1.29 is 4.79 Å². The van der Waals surface area contributed by atoms with Gasteiger partial charge in [0.2, 0.25) is 0 Å². The third kappa shape index (κ3) is 2.89. The van der Waals surface area contributed by atoms with Crippen LogP contribution in [0.4, 0.5) is 10.5 Å². The van der Waals surface area contributed by atoms with Crippen molar-refractivity contribution in [1.29, 1.82) is 5.26 Å². The van der Waals surface area contributed by atoms with E-state index in [-0.39, 0.29) is 6.03 Å². The zero-order valence-electron chi connectivity index (χ0n) is 8.48. The number of hydrogen-bond acceptors (Lipinski definition) is 3. The second kappa shape index (κ2) is 4.71. The first-order valence-corrected chi connectivity index (χ1v) is 4.70. The molecule has 0 aliphatic carbocycles. The third-order valence-electron chi connectivity index (χ3n) is 1.77. The summed E-state index contributed by atoms with van der Waals surface area (Å²) in [4.78, 5) is 13.3. The fourth-order valence-electron chi connectivity index (χ4n) is 0.939. The summed E-state index contributed by atoms with van der Waals surface area (Å²) in [6.07, 6.45) is 0. The van der Waals surface area contributed by atoms with Crippen LogP contribution in [0, 0.1) is 11.3 Å². The van der Waals surface area contributed by atoms with E-state index in [1.54, 1.807) is 32.3 Å². The molecule has 78 valence electrons. The number of rotatable bonds is 1. The lowest BCUT2D eigenvalue weighted by atomic mass is 10.2. The molecule has 4 nitrogen and oxygen atoms in total. The van der Waals surface area contributed by atoms with Crippen LogP contribution in [0.3, 0.4) is 0 Å². The number of benzene rings is 1. The van der Waals surface area contributed by atoms with Crippen LogP contribution in [-0.4, -0.2) is 25.0 Å². The number of amides is 2. The van der Waals surface area contributed by atoms with Gasteiger partial charge in [-0.1, -0.05) is 0 Å². The largest absolute Gasteiger partial charge is 0.331 e. The van der Waals surface area contributed by atoms with Crippen LogP contribution in [0.2, 0.25) is 0 Å². The summed E-state index contributed by atoms with van der Waals surface area (Å²) in [5, 5.41) is 11.4. The third-order valence-corrected chi connectivity index (χ3v) is 2.16. The van der Waals surface area contributed by atoms with E-state index in [1.807, 2.05) is 6.07 Å². The van der Waals surface area contributed by atoms with Gasteiger partial charge in [0.25, 0.3) is 0 Å². The Morgan fingerprint density at radius 1 is 1.53 bits per heavy atom. The van der Waals surface area contributed by atoms with Crippen molar-refractivity contribution in [2.24, 2.45) is 0 Å². The topological polar surface area (TPSA) is 56.1 Å². The zero-order valence-corrected chi connectivity index (χ0v) is 9.38. The predicted octanol–water partition coefficient (Wildman–Crippen LogP) is 1.94. The van der Waals surface area contributed by atoms with Crippen molar-refractivity contribution in [2.75, 3.05) is 19.4 Å². The second-order valence-electron chi connectivity index (χ2n) is 3.17. The highest BCUT2D eigenvalue weighted by molar-refractivity contribution is 7.80. The molecule has 15 heavy (non-hydrogen) atoms. The van der Waals surface area contributed by atoms with Crippen molar-refractivity contribution in [3.63, 3.8) is 0 Å². The average molecular weight is 221 g/mol. The Hall–Kier alpha value is -1.67. The number of nitrogens with one attached hydrogen (secondary N) is 1. The van der Waals surface area contributed by atoms with Crippen molar-refractivity contribution in [1.82, 2.24) is 4.90 Å². The van der Waals surface area contributed by atoms with Gasteiger partial charge in [-0.3, -0.25) is 0 Å². The monoisotopic (exact) mass is 221 g/mol. The van der Waals surface area contributed by atoms with Gasteiger partial charge in [0.15, 0.2) is 0 Å². The quantitative estimate of drug-likeness (QED) is 0.712. The molecule has 0 fully saturated rings. The number of urea groups is 1. The molecule has 0 aliphatic rings. The molecule has 0 unspecified atom stereocenters. The molecule has 0 heterocycles. The van der Waals surface area contributed by atoms with Crippen molar-refractivity contribution in [2.45, 2.75) is 4.90 Å². The first kappa shape index (κ1) is 11.4. The molecular weight excluding hydrogens is 210 g/mol. The van der Waals surface area contributed by atoms with Crippen LogP contribution in [0.15, 0.2) is 23.1 Å². The van der Waals surface area contributed by atoms with Crippen molar-refractivity contribution >= 4 is 24.3 Å². The SMILES string of the molecule is CN(C)C(=O)Nc1ccc(S)c(C#N)c1. The molecule has 0 aliphatic heterocycles. The molecule has 0 aromatic heterocycles. The van der Waals surface area contributed by atoms with Gasteiger partial charge in [-0.15, -0.1) is 12.6 Å². The summed E-state index contributed by atoms with van der Waals surface area (Å²) in [6.45, 7) is 0. The molecule has 1 N–H and O–H groups in total. The van der Waals surface area contributed by atoms with Gasteiger partial charge in [-0.25, -0.2) is 4.79 Å². The normalized spacial score (nSPS) is 9.20. The molecule has 0 atom stereocenters. The number of hydrogen-bond donors (Lipinski definition) is 2. The number of carbonyl (C=O) groups excluding carboxylic acids is 1. The number of nitrogens with zero attached hydrogens (tertiary/aromatic N) is 2. The Kier molecular flexibility index (Phi) is 3.58. The fraction of sp³-hybridized carbons (Fsp3) is 0.200. The maximum absolute atomic E-state index is 11.3. The van der Waals surface area contributed by atoms with Gasteiger partial charge in [0.05, 0.1) is 5.56 Å². The minimum absolute atomic E-state index is 0.231. The fourth-order valence-corrected chi connectivity index (χ4v) is 1.13. The Bertz CT molecular complexity index is 423. The van der Waals surface area contributed by atoms with E-state index in [4.69, 9.17) is 5.26 Å². The lowest BCUT2D eigenvalue weighted by Gasteiger charge is -2.12. The summed E-state index contributed by atoms with van der Waals surface area (Å²) < 4.78 is 0. The first-order valence-electron chi connectivity index (χ1n) is 4.26. The molecule has 0 spiro atoms. The maximum Gasteiger partial charge on any atom is 0.321 e. The van der Waals surface area contributed by atoms with E-state index >= 15 is 0 Å². The van der Waals surface area contributed by atoms with Crippen LogP contribution in [0.1, 0.15) is 5.56 Å². The maximum atomic E-state index is 11.3. The van der Waals surface area contributed by atoms with Gasteiger partial charge < -0.3 is 10.2 Å². The van der Waals surface area contributed by atoms with Gasteiger partial charge in [-0.05, 0) is 18.2 Å². The van der Waals surface area contributed by atoms with E-state index in [2.05, 4.69) is 17.9 Å². The standard InChI is InChI=1S/C10H11N3OS/c1-13(2)10(14)12-8-3-4-9(15)7(5-8)6-11/h3-5,15H,1-2H3,(H,12,14). The van der Waals surface area contributed by atoms with Crippen LogP contribution < -0.4 is 5.32 Å². The van der Waals surface area contributed by atoms with E-state index in [0.29, 0.717) is 16.1 Å². The molecule has 0 radical (unpaired) electrons. The highest BCUT2D eigenvalue weighted by Gasteiger charge is 2.05. The average Bonchev–Trinajstić information content (AvgIpc) is 2.20. The molecule has 1 aromatic carbocycles. The Morgan fingerprint density at radius 3 is 2.73 bits per heavy atom. The molecule has 0 bridgehead atoms. The van der Waals surface area contributed by atoms with E-state index in [9.17, 15) is 4.79 Å². The van der Waals surface area contributed by atoms with Gasteiger partial charge in [-0.2, -0.15) is 5.26 Å². The summed E-state index contributed by atoms with van der Waals surface area (Å²) in [5.74, 6) is 0. The molecular formula is C10H11N3OS. The summed E-state index contributed by atoms with van der Waals surface area (Å²) in [6, 6.07) is 6.73.